The summed E-state index contributed by atoms with van der Waals surface area (Å²) in [6.45, 7) is 2.38. The molecule has 0 amide bonds. The minimum absolute atomic E-state index is 0.484. The second kappa shape index (κ2) is 4.91. The molecule has 2 aromatic rings. The molecule has 2 heterocycles. The Kier molecular flexibility index (Phi) is 3.05. The summed E-state index contributed by atoms with van der Waals surface area (Å²) >= 11 is 6.03. The Hall–Kier alpha value is -1.31. The molecule has 2 unspecified atom stereocenters. The first-order valence-electron chi connectivity index (χ1n) is 7.41. The predicted molar refractivity (Wildman–Crippen MR) is 83.3 cm³/mol. The summed E-state index contributed by atoms with van der Waals surface area (Å²) in [5, 5.41) is 0.817. The lowest BCUT2D eigenvalue weighted by atomic mass is 9.82. The number of benzene rings is 2. The smallest absolute Gasteiger partial charge is 0.0406 e. The molecule has 20 heavy (non-hydrogen) atoms. The van der Waals surface area contributed by atoms with Crippen LogP contribution in [-0.2, 0) is 0 Å². The van der Waals surface area contributed by atoms with Crippen molar-refractivity contribution in [3.05, 3.63) is 70.2 Å². The van der Waals surface area contributed by atoms with Crippen molar-refractivity contribution in [3.8, 4) is 0 Å². The molecule has 0 spiro atoms. The fourth-order valence-corrected chi connectivity index (χ4v) is 3.97. The number of halogens is 1. The van der Waals surface area contributed by atoms with Gasteiger partial charge in [-0.1, -0.05) is 48.0 Å². The molecule has 0 aliphatic carbocycles. The summed E-state index contributed by atoms with van der Waals surface area (Å²) < 4.78 is 0. The van der Waals surface area contributed by atoms with Crippen molar-refractivity contribution in [2.45, 2.75) is 24.8 Å². The van der Waals surface area contributed by atoms with Gasteiger partial charge in [0.1, 0.15) is 0 Å². The van der Waals surface area contributed by atoms with Gasteiger partial charge in [-0.2, -0.15) is 0 Å². The number of hydrogen-bond acceptors (Lipinski definition) is 1. The Bertz CT molecular complexity index is 620. The number of rotatable bonds is 1. The van der Waals surface area contributed by atoms with Crippen molar-refractivity contribution in [2.24, 2.45) is 0 Å². The topological polar surface area (TPSA) is 3.24 Å². The van der Waals surface area contributed by atoms with Crippen LogP contribution in [0.1, 0.15) is 41.5 Å². The van der Waals surface area contributed by atoms with E-state index in [-0.39, 0.29) is 0 Å². The molecule has 0 aromatic heterocycles. The molecule has 4 rings (SSSR count). The maximum atomic E-state index is 6.03. The van der Waals surface area contributed by atoms with Crippen LogP contribution in [0.15, 0.2) is 48.5 Å². The third-order valence-electron chi connectivity index (χ3n) is 4.78. The van der Waals surface area contributed by atoms with Crippen LogP contribution in [0.3, 0.4) is 0 Å². The van der Waals surface area contributed by atoms with Gasteiger partial charge in [0.05, 0.1) is 0 Å². The van der Waals surface area contributed by atoms with Crippen LogP contribution in [0.5, 0.6) is 0 Å². The second-order valence-electron chi connectivity index (χ2n) is 5.89. The predicted octanol–water partition coefficient (Wildman–Crippen LogP) is 4.62. The first kappa shape index (κ1) is 12.4. The SMILES string of the molecule is Clc1ccc(C2CN3CCCC3c3ccccc32)cc1. The van der Waals surface area contributed by atoms with E-state index in [1.165, 1.54) is 36.1 Å². The maximum Gasteiger partial charge on any atom is 0.0406 e. The summed E-state index contributed by atoms with van der Waals surface area (Å²) in [6, 6.07) is 18.0. The summed E-state index contributed by atoms with van der Waals surface area (Å²) in [6.07, 6.45) is 2.64. The minimum Gasteiger partial charge on any atom is -0.295 e. The van der Waals surface area contributed by atoms with Gasteiger partial charge in [0.15, 0.2) is 0 Å². The summed E-state index contributed by atoms with van der Waals surface area (Å²) in [5.74, 6) is 0.484. The van der Waals surface area contributed by atoms with E-state index in [1.807, 2.05) is 12.1 Å². The zero-order valence-electron chi connectivity index (χ0n) is 11.4. The Morgan fingerprint density at radius 3 is 2.50 bits per heavy atom. The monoisotopic (exact) mass is 283 g/mol. The van der Waals surface area contributed by atoms with E-state index in [0.717, 1.165) is 11.6 Å². The molecule has 1 nitrogen and oxygen atoms in total. The van der Waals surface area contributed by atoms with Crippen molar-refractivity contribution in [1.29, 1.82) is 0 Å². The molecule has 1 saturated heterocycles. The van der Waals surface area contributed by atoms with Gasteiger partial charge >= 0.3 is 0 Å². The fourth-order valence-electron chi connectivity index (χ4n) is 3.84. The summed E-state index contributed by atoms with van der Waals surface area (Å²) in [4.78, 5) is 2.65. The van der Waals surface area contributed by atoms with Crippen LogP contribution in [0.25, 0.3) is 0 Å². The third-order valence-corrected chi connectivity index (χ3v) is 5.04. The van der Waals surface area contributed by atoms with Gasteiger partial charge in [-0.05, 0) is 48.2 Å². The Morgan fingerprint density at radius 1 is 0.950 bits per heavy atom. The quantitative estimate of drug-likeness (QED) is 0.738. The van der Waals surface area contributed by atoms with Crippen LogP contribution < -0.4 is 0 Å². The molecule has 1 fully saturated rings. The highest BCUT2D eigenvalue weighted by Crippen LogP contribution is 2.43. The van der Waals surface area contributed by atoms with Gasteiger partial charge in [-0.3, -0.25) is 4.90 Å². The van der Waals surface area contributed by atoms with Crippen LogP contribution in [-0.4, -0.2) is 18.0 Å². The highest BCUT2D eigenvalue weighted by molar-refractivity contribution is 6.30. The third kappa shape index (κ3) is 1.97. The fraction of sp³-hybridized carbons (Fsp3) is 0.333. The van der Waals surface area contributed by atoms with Crippen LogP contribution in [0, 0.1) is 0 Å². The van der Waals surface area contributed by atoms with Gasteiger partial charge in [0.25, 0.3) is 0 Å². The van der Waals surface area contributed by atoms with E-state index in [4.69, 9.17) is 11.6 Å². The van der Waals surface area contributed by atoms with Crippen molar-refractivity contribution in [2.75, 3.05) is 13.1 Å². The summed E-state index contributed by atoms with van der Waals surface area (Å²) in [5.41, 5.74) is 4.43. The zero-order valence-corrected chi connectivity index (χ0v) is 12.2. The second-order valence-corrected chi connectivity index (χ2v) is 6.32. The lowest BCUT2D eigenvalue weighted by Gasteiger charge is -2.37. The number of fused-ring (bicyclic) bond motifs is 3. The van der Waals surface area contributed by atoms with Gasteiger partial charge in [0.2, 0.25) is 0 Å². The average Bonchev–Trinajstić information content (AvgIpc) is 2.96. The Balaban J connectivity index is 1.80. The van der Waals surface area contributed by atoms with E-state index >= 15 is 0 Å². The normalized spacial score (nSPS) is 25.2. The summed E-state index contributed by atoms with van der Waals surface area (Å²) in [7, 11) is 0. The molecule has 102 valence electrons. The van der Waals surface area contributed by atoms with Crippen molar-refractivity contribution >= 4 is 11.6 Å². The van der Waals surface area contributed by atoms with Crippen LogP contribution >= 0.6 is 11.6 Å². The number of nitrogens with zero attached hydrogens (tertiary/aromatic N) is 1. The molecular weight excluding hydrogens is 266 g/mol. The molecule has 2 aliphatic rings. The molecule has 2 atom stereocenters. The highest BCUT2D eigenvalue weighted by Gasteiger charge is 2.35. The Morgan fingerprint density at radius 2 is 1.70 bits per heavy atom. The van der Waals surface area contributed by atoms with E-state index in [9.17, 15) is 0 Å². The molecule has 2 heteroatoms. The van der Waals surface area contributed by atoms with Crippen LogP contribution in [0.2, 0.25) is 5.02 Å². The first-order valence-corrected chi connectivity index (χ1v) is 7.79. The van der Waals surface area contributed by atoms with Gasteiger partial charge in [0, 0.05) is 23.5 Å². The molecular formula is C18H18ClN. The average molecular weight is 284 g/mol. The van der Waals surface area contributed by atoms with E-state index in [0.29, 0.717) is 12.0 Å². The molecule has 0 saturated carbocycles. The molecule has 0 N–H and O–H groups in total. The first-order chi connectivity index (χ1) is 9.83. The van der Waals surface area contributed by atoms with Gasteiger partial charge in [-0.15, -0.1) is 0 Å². The van der Waals surface area contributed by atoms with Crippen molar-refractivity contribution in [3.63, 3.8) is 0 Å². The lowest BCUT2D eigenvalue weighted by molar-refractivity contribution is 0.230. The highest BCUT2D eigenvalue weighted by atomic mass is 35.5. The standard InChI is InChI=1S/C18H18ClN/c19-14-9-7-13(8-10-14)17-12-20-11-3-6-18(20)16-5-2-1-4-15(16)17/h1-2,4-5,7-10,17-18H,3,6,11-12H2. The van der Waals surface area contributed by atoms with Crippen LogP contribution in [0.4, 0.5) is 0 Å². The Labute approximate surface area is 125 Å². The molecule has 2 aliphatic heterocycles. The van der Waals surface area contributed by atoms with Gasteiger partial charge in [-0.25, -0.2) is 0 Å². The number of hydrogen-bond donors (Lipinski definition) is 0. The molecule has 0 bridgehead atoms. The van der Waals surface area contributed by atoms with Crippen molar-refractivity contribution in [1.82, 2.24) is 4.90 Å². The largest absolute Gasteiger partial charge is 0.295 e. The van der Waals surface area contributed by atoms with Crippen molar-refractivity contribution < 1.29 is 0 Å². The zero-order chi connectivity index (χ0) is 13.5. The molecule has 0 radical (unpaired) electrons. The molecule has 2 aromatic carbocycles. The lowest BCUT2D eigenvalue weighted by Crippen LogP contribution is -2.34. The maximum absolute atomic E-state index is 6.03. The van der Waals surface area contributed by atoms with E-state index < -0.39 is 0 Å². The van der Waals surface area contributed by atoms with E-state index in [2.05, 4.69) is 41.3 Å². The van der Waals surface area contributed by atoms with E-state index in [1.54, 1.807) is 0 Å². The van der Waals surface area contributed by atoms with Gasteiger partial charge < -0.3 is 0 Å². The minimum atomic E-state index is 0.484.